The van der Waals surface area contributed by atoms with Crippen LogP contribution in [0.25, 0.3) is 0 Å². The van der Waals surface area contributed by atoms with Crippen molar-refractivity contribution >= 4 is 17.6 Å². The van der Waals surface area contributed by atoms with Gasteiger partial charge in [0.2, 0.25) is 0 Å². The average molecular weight is 251 g/mol. The largest absolute Gasteiger partial charge is 0.481 e. The van der Waals surface area contributed by atoms with E-state index in [0.717, 1.165) is 0 Å². The molecule has 0 aliphatic rings. The van der Waals surface area contributed by atoms with Crippen LogP contribution in [0.5, 0.6) is 0 Å². The topological polar surface area (TPSA) is 75.6 Å². The monoisotopic (exact) mass is 251 g/mol. The molecule has 98 valence electrons. The Hall–Kier alpha value is -1.88. The van der Waals surface area contributed by atoms with Crippen molar-refractivity contribution < 1.29 is 19.4 Å². The van der Waals surface area contributed by atoms with E-state index in [1.165, 1.54) is 7.11 Å². The summed E-state index contributed by atoms with van der Waals surface area (Å²) < 4.78 is 5.03. The molecule has 1 rings (SSSR count). The molecule has 0 saturated carbocycles. The van der Waals surface area contributed by atoms with Crippen molar-refractivity contribution in [1.82, 2.24) is 0 Å². The second-order valence-electron chi connectivity index (χ2n) is 3.85. The summed E-state index contributed by atoms with van der Waals surface area (Å²) in [5.74, 6) is -1.20. The first-order chi connectivity index (χ1) is 8.58. The highest BCUT2D eigenvalue weighted by atomic mass is 16.5. The highest BCUT2D eigenvalue weighted by Gasteiger charge is 2.17. The lowest BCUT2D eigenvalue weighted by Gasteiger charge is -2.15. The highest BCUT2D eigenvalue weighted by Crippen LogP contribution is 2.16. The van der Waals surface area contributed by atoms with E-state index in [-0.39, 0.29) is 12.3 Å². The summed E-state index contributed by atoms with van der Waals surface area (Å²) >= 11 is 0. The molecule has 0 radical (unpaired) electrons. The number of benzene rings is 1. The summed E-state index contributed by atoms with van der Waals surface area (Å²) in [6.07, 6.45) is -0.0909. The second-order valence-corrected chi connectivity index (χ2v) is 3.85. The van der Waals surface area contributed by atoms with E-state index in [1.807, 2.05) is 6.92 Å². The van der Waals surface area contributed by atoms with E-state index in [2.05, 4.69) is 5.32 Å². The molecule has 1 amide bonds. The predicted molar refractivity (Wildman–Crippen MR) is 67.5 cm³/mol. The van der Waals surface area contributed by atoms with Crippen molar-refractivity contribution in [3.8, 4) is 0 Å². The maximum absolute atomic E-state index is 11.8. The summed E-state index contributed by atoms with van der Waals surface area (Å²) in [4.78, 5) is 22.5. The van der Waals surface area contributed by atoms with Crippen LogP contribution in [-0.2, 0) is 20.7 Å². The molecule has 1 aromatic rings. The SMILES string of the molecule is CCC(OC)C(=O)Nc1ccccc1CC(=O)O. The first kappa shape index (κ1) is 14.2. The Morgan fingerprint density at radius 1 is 1.39 bits per heavy atom. The molecule has 0 bridgehead atoms. The minimum atomic E-state index is -0.935. The third-order valence-corrected chi connectivity index (χ3v) is 2.56. The molecule has 1 unspecified atom stereocenters. The summed E-state index contributed by atoms with van der Waals surface area (Å²) in [6.45, 7) is 1.84. The Morgan fingerprint density at radius 2 is 2.06 bits per heavy atom. The number of anilines is 1. The predicted octanol–water partition coefficient (Wildman–Crippen LogP) is 1.68. The second kappa shape index (κ2) is 6.76. The molecular weight excluding hydrogens is 234 g/mol. The number of hydrogen-bond acceptors (Lipinski definition) is 3. The van der Waals surface area contributed by atoms with Crippen LogP contribution in [0.1, 0.15) is 18.9 Å². The number of ether oxygens (including phenoxy) is 1. The number of aliphatic carboxylic acids is 1. The summed E-state index contributed by atoms with van der Waals surface area (Å²) in [5, 5.41) is 11.5. The van der Waals surface area contributed by atoms with Gasteiger partial charge in [0, 0.05) is 12.8 Å². The van der Waals surface area contributed by atoms with Crippen molar-refractivity contribution in [2.24, 2.45) is 0 Å². The van der Waals surface area contributed by atoms with Crippen LogP contribution < -0.4 is 5.32 Å². The minimum Gasteiger partial charge on any atom is -0.481 e. The molecule has 0 fully saturated rings. The molecule has 5 nitrogen and oxygen atoms in total. The molecule has 1 atom stereocenters. The van der Waals surface area contributed by atoms with Crippen LogP contribution in [0, 0.1) is 0 Å². The number of rotatable bonds is 6. The number of nitrogens with one attached hydrogen (secondary N) is 1. The number of carboxylic acid groups (broad SMARTS) is 1. The highest BCUT2D eigenvalue weighted by molar-refractivity contribution is 5.95. The average Bonchev–Trinajstić information content (AvgIpc) is 2.32. The molecule has 0 aliphatic carbocycles. The molecular formula is C13H17NO4. The Kier molecular flexibility index (Phi) is 5.32. The molecule has 0 heterocycles. The zero-order chi connectivity index (χ0) is 13.5. The van der Waals surface area contributed by atoms with Crippen molar-refractivity contribution in [1.29, 1.82) is 0 Å². The lowest BCUT2D eigenvalue weighted by atomic mass is 10.1. The fraction of sp³-hybridized carbons (Fsp3) is 0.385. The van der Waals surface area contributed by atoms with E-state index in [9.17, 15) is 9.59 Å². The van der Waals surface area contributed by atoms with Crippen LogP contribution in [0.2, 0.25) is 0 Å². The third-order valence-electron chi connectivity index (χ3n) is 2.56. The molecule has 2 N–H and O–H groups in total. The summed E-state index contributed by atoms with van der Waals surface area (Å²) in [5.41, 5.74) is 1.09. The van der Waals surface area contributed by atoms with E-state index >= 15 is 0 Å². The maximum atomic E-state index is 11.8. The van der Waals surface area contributed by atoms with E-state index < -0.39 is 12.1 Å². The van der Waals surface area contributed by atoms with Crippen molar-refractivity contribution in [3.05, 3.63) is 29.8 Å². The van der Waals surface area contributed by atoms with Gasteiger partial charge in [-0.05, 0) is 18.1 Å². The zero-order valence-corrected chi connectivity index (χ0v) is 10.5. The molecule has 0 saturated heterocycles. The van der Waals surface area contributed by atoms with Gasteiger partial charge in [-0.15, -0.1) is 0 Å². The van der Waals surface area contributed by atoms with E-state index in [0.29, 0.717) is 17.7 Å². The Morgan fingerprint density at radius 3 is 2.61 bits per heavy atom. The number of carbonyl (C=O) groups excluding carboxylic acids is 1. The first-order valence-electron chi connectivity index (χ1n) is 5.71. The third kappa shape index (κ3) is 3.85. The van der Waals surface area contributed by atoms with Gasteiger partial charge < -0.3 is 15.2 Å². The number of hydrogen-bond donors (Lipinski definition) is 2. The Balaban J connectivity index is 2.83. The van der Waals surface area contributed by atoms with Gasteiger partial charge in [0.25, 0.3) is 5.91 Å². The van der Waals surface area contributed by atoms with Gasteiger partial charge in [0.1, 0.15) is 6.10 Å². The standard InChI is InChI=1S/C13H17NO4/c1-3-11(18-2)13(17)14-10-7-5-4-6-9(10)8-12(15)16/h4-7,11H,3,8H2,1-2H3,(H,14,17)(H,15,16). The summed E-state index contributed by atoms with van der Waals surface area (Å²) in [7, 11) is 1.47. The number of amides is 1. The quantitative estimate of drug-likeness (QED) is 0.806. The van der Waals surface area contributed by atoms with Gasteiger partial charge in [0.05, 0.1) is 6.42 Å². The molecule has 1 aromatic carbocycles. The molecule has 5 heteroatoms. The summed E-state index contributed by atoms with van der Waals surface area (Å²) in [6, 6.07) is 6.84. The normalized spacial score (nSPS) is 11.9. The van der Waals surface area contributed by atoms with Gasteiger partial charge in [0.15, 0.2) is 0 Å². The van der Waals surface area contributed by atoms with Crippen LogP contribution in [-0.4, -0.2) is 30.2 Å². The fourth-order valence-electron chi connectivity index (χ4n) is 1.63. The molecule has 0 aromatic heterocycles. The Bertz CT molecular complexity index is 427. The van der Waals surface area contributed by atoms with Gasteiger partial charge in [-0.25, -0.2) is 0 Å². The van der Waals surface area contributed by atoms with E-state index in [4.69, 9.17) is 9.84 Å². The van der Waals surface area contributed by atoms with E-state index in [1.54, 1.807) is 24.3 Å². The van der Waals surface area contributed by atoms with Crippen LogP contribution >= 0.6 is 0 Å². The number of methoxy groups -OCH3 is 1. The van der Waals surface area contributed by atoms with Crippen molar-refractivity contribution in [2.45, 2.75) is 25.9 Å². The van der Waals surface area contributed by atoms with Gasteiger partial charge >= 0.3 is 5.97 Å². The Labute approximate surface area is 106 Å². The fourth-order valence-corrected chi connectivity index (χ4v) is 1.63. The lowest BCUT2D eigenvalue weighted by Crippen LogP contribution is -2.29. The first-order valence-corrected chi connectivity index (χ1v) is 5.71. The van der Waals surface area contributed by atoms with Crippen LogP contribution in [0.3, 0.4) is 0 Å². The van der Waals surface area contributed by atoms with Gasteiger partial charge in [-0.3, -0.25) is 9.59 Å². The number of carbonyl (C=O) groups is 2. The van der Waals surface area contributed by atoms with Gasteiger partial charge in [-0.1, -0.05) is 25.1 Å². The zero-order valence-electron chi connectivity index (χ0n) is 10.5. The molecule has 18 heavy (non-hydrogen) atoms. The lowest BCUT2D eigenvalue weighted by molar-refractivity contribution is -0.136. The van der Waals surface area contributed by atoms with Crippen LogP contribution in [0.15, 0.2) is 24.3 Å². The number of para-hydroxylation sites is 1. The number of carboxylic acids is 1. The van der Waals surface area contributed by atoms with Crippen molar-refractivity contribution in [2.75, 3.05) is 12.4 Å². The van der Waals surface area contributed by atoms with Crippen LogP contribution in [0.4, 0.5) is 5.69 Å². The molecule has 0 spiro atoms. The molecule has 0 aliphatic heterocycles. The van der Waals surface area contributed by atoms with Crippen molar-refractivity contribution in [3.63, 3.8) is 0 Å². The van der Waals surface area contributed by atoms with Gasteiger partial charge in [-0.2, -0.15) is 0 Å². The smallest absolute Gasteiger partial charge is 0.307 e. The minimum absolute atomic E-state index is 0.125. The maximum Gasteiger partial charge on any atom is 0.307 e.